The Morgan fingerprint density at radius 2 is 1.66 bits per heavy atom. The number of methoxy groups -OCH3 is 1. The average molecular weight is 554 g/mol. The average Bonchev–Trinajstić information content (AvgIpc) is 3.12. The Hall–Kier alpha value is -4.34. The molecule has 0 aliphatic carbocycles. The SMILES string of the molecule is CCOC(=O)c1cccc(N2C(=O)C(Cl)=C(Nc3ccc(C(=O)Nc4cc(Cl)ccc4OC)cc3)C2=O)c1. The van der Waals surface area contributed by atoms with Gasteiger partial charge in [-0.3, -0.25) is 14.4 Å². The van der Waals surface area contributed by atoms with Crippen molar-refractivity contribution in [3.63, 3.8) is 0 Å². The van der Waals surface area contributed by atoms with Crippen LogP contribution in [0.4, 0.5) is 17.1 Å². The highest BCUT2D eigenvalue weighted by atomic mass is 35.5. The minimum atomic E-state index is -0.744. The molecule has 0 bridgehead atoms. The third kappa shape index (κ3) is 5.49. The number of nitrogens with zero attached hydrogens (tertiary/aromatic N) is 1. The number of carbonyl (C=O) groups excluding carboxylic acids is 4. The number of rotatable bonds is 8. The first-order valence-corrected chi connectivity index (χ1v) is 12.1. The summed E-state index contributed by atoms with van der Waals surface area (Å²) in [4.78, 5) is 51.6. The number of halogens is 2. The molecular weight excluding hydrogens is 533 g/mol. The maximum absolute atomic E-state index is 13.1. The fraction of sp³-hybridized carbons (Fsp3) is 0.111. The molecule has 0 fully saturated rings. The lowest BCUT2D eigenvalue weighted by atomic mass is 10.1. The number of hydrogen-bond donors (Lipinski definition) is 2. The highest BCUT2D eigenvalue weighted by Gasteiger charge is 2.39. The molecule has 1 heterocycles. The number of ether oxygens (including phenoxy) is 2. The van der Waals surface area contributed by atoms with Crippen molar-refractivity contribution in [1.82, 2.24) is 0 Å². The lowest BCUT2D eigenvalue weighted by molar-refractivity contribution is -0.120. The van der Waals surface area contributed by atoms with Crippen molar-refractivity contribution in [1.29, 1.82) is 0 Å². The van der Waals surface area contributed by atoms with E-state index >= 15 is 0 Å². The van der Waals surface area contributed by atoms with Crippen LogP contribution in [0.1, 0.15) is 27.6 Å². The van der Waals surface area contributed by atoms with Crippen molar-refractivity contribution in [2.24, 2.45) is 0 Å². The van der Waals surface area contributed by atoms with Crippen LogP contribution in [0.3, 0.4) is 0 Å². The van der Waals surface area contributed by atoms with E-state index in [0.717, 1.165) is 4.90 Å². The third-order valence-electron chi connectivity index (χ3n) is 5.47. The molecule has 4 rings (SSSR count). The maximum Gasteiger partial charge on any atom is 0.338 e. The van der Waals surface area contributed by atoms with E-state index < -0.39 is 23.7 Å². The van der Waals surface area contributed by atoms with Crippen LogP contribution in [0.2, 0.25) is 5.02 Å². The molecule has 0 saturated carbocycles. The number of carbonyl (C=O) groups is 4. The number of imide groups is 1. The standard InChI is InChI=1S/C27H21Cl2N3O6/c1-3-38-27(36)16-5-4-6-19(13-16)32-25(34)22(29)23(26(32)35)30-18-10-7-15(8-11-18)24(33)31-20-14-17(28)9-12-21(20)37-2/h4-14,30H,3H2,1-2H3,(H,31,33). The van der Waals surface area contributed by atoms with Gasteiger partial charge in [-0.15, -0.1) is 0 Å². The second kappa shape index (κ2) is 11.4. The minimum Gasteiger partial charge on any atom is -0.495 e. The topological polar surface area (TPSA) is 114 Å². The van der Waals surface area contributed by atoms with Gasteiger partial charge >= 0.3 is 5.97 Å². The molecule has 0 radical (unpaired) electrons. The number of benzene rings is 3. The highest BCUT2D eigenvalue weighted by molar-refractivity contribution is 6.53. The second-order valence-electron chi connectivity index (χ2n) is 7.91. The molecule has 9 nitrogen and oxygen atoms in total. The molecule has 0 aromatic heterocycles. The van der Waals surface area contributed by atoms with Gasteiger partial charge in [0.2, 0.25) is 0 Å². The summed E-state index contributed by atoms with van der Waals surface area (Å²) in [6.07, 6.45) is 0. The summed E-state index contributed by atoms with van der Waals surface area (Å²) in [6.45, 7) is 1.85. The Morgan fingerprint density at radius 1 is 0.921 bits per heavy atom. The Bertz CT molecular complexity index is 1470. The van der Waals surface area contributed by atoms with Gasteiger partial charge in [-0.1, -0.05) is 29.3 Å². The van der Waals surface area contributed by atoms with E-state index in [1.54, 1.807) is 37.3 Å². The van der Waals surface area contributed by atoms with E-state index in [2.05, 4.69) is 10.6 Å². The predicted octanol–water partition coefficient (Wildman–Crippen LogP) is 5.21. The van der Waals surface area contributed by atoms with Crippen LogP contribution in [-0.2, 0) is 14.3 Å². The number of anilines is 3. The van der Waals surface area contributed by atoms with Crippen LogP contribution < -0.4 is 20.3 Å². The normalized spacial score (nSPS) is 13.0. The van der Waals surface area contributed by atoms with Crippen molar-refractivity contribution >= 4 is 64.0 Å². The molecule has 0 atom stereocenters. The van der Waals surface area contributed by atoms with Gasteiger partial charge in [0.25, 0.3) is 17.7 Å². The zero-order valence-corrected chi connectivity index (χ0v) is 21.7. The molecule has 1 aliphatic heterocycles. The first-order chi connectivity index (χ1) is 18.2. The van der Waals surface area contributed by atoms with Gasteiger partial charge in [0.1, 0.15) is 16.5 Å². The molecule has 1 aliphatic rings. The summed E-state index contributed by atoms with van der Waals surface area (Å²) in [5, 5.41) is 5.70. The monoisotopic (exact) mass is 553 g/mol. The van der Waals surface area contributed by atoms with Crippen LogP contribution in [0.25, 0.3) is 0 Å². The fourth-order valence-corrected chi connectivity index (χ4v) is 4.04. The van der Waals surface area contributed by atoms with Crippen LogP contribution in [0.5, 0.6) is 5.75 Å². The molecule has 0 spiro atoms. The number of hydrogen-bond acceptors (Lipinski definition) is 7. The Balaban J connectivity index is 1.49. The molecule has 194 valence electrons. The maximum atomic E-state index is 13.1. The lowest BCUT2D eigenvalue weighted by Gasteiger charge is -2.16. The molecule has 38 heavy (non-hydrogen) atoms. The highest BCUT2D eigenvalue weighted by Crippen LogP contribution is 2.31. The van der Waals surface area contributed by atoms with Crippen LogP contribution in [0, 0.1) is 0 Å². The van der Waals surface area contributed by atoms with Crippen molar-refractivity contribution in [3.8, 4) is 5.75 Å². The van der Waals surface area contributed by atoms with Crippen LogP contribution in [0.15, 0.2) is 77.5 Å². The van der Waals surface area contributed by atoms with E-state index in [1.807, 2.05) is 0 Å². The van der Waals surface area contributed by atoms with Crippen LogP contribution >= 0.6 is 23.2 Å². The lowest BCUT2D eigenvalue weighted by Crippen LogP contribution is -2.32. The zero-order valence-electron chi connectivity index (χ0n) is 20.2. The summed E-state index contributed by atoms with van der Waals surface area (Å²) in [5.74, 6) is -1.98. The van der Waals surface area contributed by atoms with E-state index in [0.29, 0.717) is 27.7 Å². The first kappa shape index (κ1) is 26.7. The van der Waals surface area contributed by atoms with Gasteiger partial charge in [0, 0.05) is 16.3 Å². The van der Waals surface area contributed by atoms with Crippen molar-refractivity contribution in [2.45, 2.75) is 6.92 Å². The van der Waals surface area contributed by atoms with Gasteiger partial charge in [0.15, 0.2) is 0 Å². The van der Waals surface area contributed by atoms with Gasteiger partial charge < -0.3 is 20.1 Å². The van der Waals surface area contributed by atoms with Crippen LogP contribution in [-0.4, -0.2) is 37.4 Å². The first-order valence-electron chi connectivity index (χ1n) is 11.3. The molecule has 0 saturated heterocycles. The Labute approximate surface area is 227 Å². The molecule has 2 N–H and O–H groups in total. The van der Waals surface area contributed by atoms with Gasteiger partial charge in [-0.25, -0.2) is 9.69 Å². The Morgan fingerprint density at radius 3 is 2.34 bits per heavy atom. The number of esters is 1. The van der Waals surface area contributed by atoms with Crippen molar-refractivity contribution < 1.29 is 28.7 Å². The molecular formula is C27H21Cl2N3O6. The fourth-order valence-electron chi connectivity index (χ4n) is 3.65. The molecule has 0 unspecified atom stereocenters. The number of nitrogens with one attached hydrogen (secondary N) is 2. The second-order valence-corrected chi connectivity index (χ2v) is 8.72. The minimum absolute atomic E-state index is 0.140. The van der Waals surface area contributed by atoms with E-state index in [1.165, 1.54) is 43.5 Å². The van der Waals surface area contributed by atoms with Gasteiger partial charge in [-0.2, -0.15) is 0 Å². The van der Waals surface area contributed by atoms with Crippen molar-refractivity contribution in [2.75, 3.05) is 29.3 Å². The van der Waals surface area contributed by atoms with E-state index in [-0.39, 0.29) is 28.6 Å². The quantitative estimate of drug-likeness (QED) is 0.290. The summed E-state index contributed by atoms with van der Waals surface area (Å²) in [6, 6.07) is 17.0. The Kier molecular flexibility index (Phi) is 7.99. The van der Waals surface area contributed by atoms with Gasteiger partial charge in [-0.05, 0) is 67.6 Å². The molecule has 3 aromatic rings. The molecule has 11 heteroatoms. The van der Waals surface area contributed by atoms with E-state index in [4.69, 9.17) is 32.7 Å². The molecule has 3 amide bonds. The number of amides is 3. The summed E-state index contributed by atoms with van der Waals surface area (Å²) >= 11 is 12.2. The molecule has 3 aromatic carbocycles. The third-order valence-corrected chi connectivity index (χ3v) is 6.05. The summed E-state index contributed by atoms with van der Waals surface area (Å²) in [7, 11) is 1.48. The zero-order chi connectivity index (χ0) is 27.4. The smallest absolute Gasteiger partial charge is 0.338 e. The van der Waals surface area contributed by atoms with E-state index in [9.17, 15) is 19.2 Å². The van der Waals surface area contributed by atoms with Crippen molar-refractivity contribution in [3.05, 3.63) is 93.6 Å². The predicted molar refractivity (Wildman–Crippen MR) is 144 cm³/mol. The summed E-state index contributed by atoms with van der Waals surface area (Å²) < 4.78 is 10.2. The summed E-state index contributed by atoms with van der Waals surface area (Å²) in [5.41, 5.74) is 1.36. The van der Waals surface area contributed by atoms with Gasteiger partial charge in [0.05, 0.1) is 30.7 Å². The largest absolute Gasteiger partial charge is 0.495 e.